The lowest BCUT2D eigenvalue weighted by Crippen LogP contribution is -2.32. The maximum Gasteiger partial charge on any atom is 0.328 e. The lowest BCUT2D eigenvalue weighted by Gasteiger charge is -2.29. The second-order valence-corrected chi connectivity index (χ2v) is 6.01. The summed E-state index contributed by atoms with van der Waals surface area (Å²) in [4.78, 5) is 18.6. The van der Waals surface area contributed by atoms with Crippen molar-refractivity contribution in [2.24, 2.45) is 5.92 Å². The SMILES string of the molecule is CCc1nc(N2CCC(C)CC2)sc1/C=C/C(=O)O. The largest absolute Gasteiger partial charge is 0.478 e. The molecule has 19 heavy (non-hydrogen) atoms. The van der Waals surface area contributed by atoms with Crippen molar-refractivity contribution in [2.75, 3.05) is 18.0 Å². The molecule has 0 atom stereocenters. The van der Waals surface area contributed by atoms with Crippen molar-refractivity contribution in [1.82, 2.24) is 4.98 Å². The minimum Gasteiger partial charge on any atom is -0.478 e. The van der Waals surface area contributed by atoms with Crippen LogP contribution in [0.25, 0.3) is 6.08 Å². The fourth-order valence-corrected chi connectivity index (χ4v) is 3.32. The fourth-order valence-electron chi connectivity index (χ4n) is 2.22. The zero-order chi connectivity index (χ0) is 13.8. The summed E-state index contributed by atoms with van der Waals surface area (Å²) >= 11 is 1.60. The van der Waals surface area contributed by atoms with Crippen molar-refractivity contribution in [2.45, 2.75) is 33.1 Å². The molecule has 2 rings (SSSR count). The van der Waals surface area contributed by atoms with Gasteiger partial charge in [-0.2, -0.15) is 0 Å². The topological polar surface area (TPSA) is 53.4 Å². The average Bonchev–Trinajstić information content (AvgIpc) is 2.80. The number of hydrogen-bond acceptors (Lipinski definition) is 4. The summed E-state index contributed by atoms with van der Waals surface area (Å²) in [5.41, 5.74) is 0.996. The molecule has 0 unspecified atom stereocenters. The Labute approximate surface area is 117 Å². The number of piperidine rings is 1. The second kappa shape index (κ2) is 6.19. The third-order valence-electron chi connectivity index (χ3n) is 3.48. The minimum atomic E-state index is -0.913. The van der Waals surface area contributed by atoms with Crippen LogP contribution in [0.15, 0.2) is 6.08 Å². The first-order valence-corrected chi connectivity index (χ1v) is 7.57. The Morgan fingerprint density at radius 3 is 2.79 bits per heavy atom. The summed E-state index contributed by atoms with van der Waals surface area (Å²) in [6.45, 7) is 6.45. The third kappa shape index (κ3) is 3.56. The third-order valence-corrected chi connectivity index (χ3v) is 4.61. The van der Waals surface area contributed by atoms with Crippen LogP contribution < -0.4 is 4.90 Å². The van der Waals surface area contributed by atoms with E-state index in [2.05, 4.69) is 23.7 Å². The highest BCUT2D eigenvalue weighted by molar-refractivity contribution is 7.16. The van der Waals surface area contributed by atoms with Crippen LogP contribution in [0.1, 0.15) is 37.3 Å². The number of aryl methyl sites for hydroxylation is 1. The molecule has 1 fully saturated rings. The number of hydrogen-bond donors (Lipinski definition) is 1. The van der Waals surface area contributed by atoms with Crippen LogP contribution in [0, 0.1) is 5.92 Å². The highest BCUT2D eigenvalue weighted by Gasteiger charge is 2.19. The molecule has 5 heteroatoms. The van der Waals surface area contributed by atoms with Gasteiger partial charge in [-0.15, -0.1) is 0 Å². The van der Waals surface area contributed by atoms with E-state index >= 15 is 0 Å². The highest BCUT2D eigenvalue weighted by Crippen LogP contribution is 2.30. The number of nitrogens with zero attached hydrogens (tertiary/aromatic N) is 2. The van der Waals surface area contributed by atoms with Crippen molar-refractivity contribution < 1.29 is 9.90 Å². The lowest BCUT2D eigenvalue weighted by atomic mass is 10.00. The Morgan fingerprint density at radius 2 is 2.21 bits per heavy atom. The Balaban J connectivity index is 2.16. The normalized spacial score (nSPS) is 17.3. The van der Waals surface area contributed by atoms with E-state index in [4.69, 9.17) is 5.11 Å². The maximum atomic E-state index is 10.6. The molecule has 1 N–H and O–H groups in total. The molecule has 4 nitrogen and oxygen atoms in total. The number of aromatic nitrogens is 1. The maximum absolute atomic E-state index is 10.6. The van der Waals surface area contributed by atoms with Crippen molar-refractivity contribution in [3.05, 3.63) is 16.6 Å². The molecule has 1 aromatic heterocycles. The summed E-state index contributed by atoms with van der Waals surface area (Å²) in [7, 11) is 0. The van der Waals surface area contributed by atoms with Gasteiger partial charge in [-0.1, -0.05) is 25.2 Å². The van der Waals surface area contributed by atoms with Crippen LogP contribution in [-0.2, 0) is 11.2 Å². The highest BCUT2D eigenvalue weighted by atomic mass is 32.1. The van der Waals surface area contributed by atoms with Gasteiger partial charge in [-0.3, -0.25) is 0 Å². The minimum absolute atomic E-state index is 0.799. The monoisotopic (exact) mass is 280 g/mol. The second-order valence-electron chi connectivity index (χ2n) is 5.00. The van der Waals surface area contributed by atoms with Gasteiger partial charge in [-0.05, 0) is 31.3 Å². The van der Waals surface area contributed by atoms with Crippen LogP contribution in [0.3, 0.4) is 0 Å². The van der Waals surface area contributed by atoms with E-state index in [1.54, 1.807) is 17.4 Å². The fraction of sp³-hybridized carbons (Fsp3) is 0.571. The standard InChI is InChI=1S/C14H20N2O2S/c1-3-11-12(4-5-13(17)18)19-14(15-11)16-8-6-10(2)7-9-16/h4-5,10H,3,6-9H2,1-2H3,(H,17,18)/b5-4+. The van der Waals surface area contributed by atoms with Gasteiger partial charge in [0.1, 0.15) is 0 Å². The number of thiazole rings is 1. The van der Waals surface area contributed by atoms with E-state index in [-0.39, 0.29) is 0 Å². The van der Waals surface area contributed by atoms with Crippen LogP contribution in [0.2, 0.25) is 0 Å². The van der Waals surface area contributed by atoms with Crippen molar-refractivity contribution in [3.63, 3.8) is 0 Å². The molecule has 0 saturated carbocycles. The predicted octanol–water partition coefficient (Wildman–Crippen LogP) is 3.04. The quantitative estimate of drug-likeness (QED) is 0.861. The Bertz CT molecular complexity index is 474. The smallest absolute Gasteiger partial charge is 0.328 e. The molecule has 1 aliphatic heterocycles. The van der Waals surface area contributed by atoms with Crippen molar-refractivity contribution in [1.29, 1.82) is 0 Å². The van der Waals surface area contributed by atoms with Crippen molar-refractivity contribution >= 4 is 28.5 Å². The Hall–Kier alpha value is -1.36. The number of rotatable bonds is 4. The van der Waals surface area contributed by atoms with E-state index in [0.717, 1.165) is 41.1 Å². The van der Waals surface area contributed by atoms with Gasteiger partial charge in [0.25, 0.3) is 0 Å². The van der Waals surface area contributed by atoms with Gasteiger partial charge < -0.3 is 10.0 Å². The summed E-state index contributed by atoms with van der Waals surface area (Å²) in [6, 6.07) is 0. The van der Waals surface area contributed by atoms with Gasteiger partial charge in [0.2, 0.25) is 0 Å². The molecule has 0 aromatic carbocycles. The first kappa shape index (κ1) is 14.1. The summed E-state index contributed by atoms with van der Waals surface area (Å²) in [5, 5.41) is 9.75. The van der Waals surface area contributed by atoms with Crippen LogP contribution in [0.4, 0.5) is 5.13 Å². The van der Waals surface area contributed by atoms with Crippen molar-refractivity contribution in [3.8, 4) is 0 Å². The van der Waals surface area contributed by atoms with Crippen LogP contribution in [0.5, 0.6) is 0 Å². The van der Waals surface area contributed by atoms with Gasteiger partial charge in [0.15, 0.2) is 5.13 Å². The summed E-state index contributed by atoms with van der Waals surface area (Å²) in [5.74, 6) is -0.114. The Morgan fingerprint density at radius 1 is 1.53 bits per heavy atom. The van der Waals surface area contributed by atoms with Gasteiger partial charge in [0, 0.05) is 19.2 Å². The molecule has 104 valence electrons. The number of aliphatic carboxylic acids is 1. The molecule has 0 aliphatic carbocycles. The molecule has 1 saturated heterocycles. The molecule has 0 amide bonds. The van der Waals surface area contributed by atoms with E-state index in [9.17, 15) is 4.79 Å². The molecule has 2 heterocycles. The summed E-state index contributed by atoms with van der Waals surface area (Å²) in [6.07, 6.45) is 6.10. The number of carbonyl (C=O) groups is 1. The number of carboxylic acid groups (broad SMARTS) is 1. The van der Waals surface area contributed by atoms with E-state index in [1.165, 1.54) is 18.9 Å². The molecule has 0 bridgehead atoms. The van der Waals surface area contributed by atoms with E-state index < -0.39 is 5.97 Å². The van der Waals surface area contributed by atoms with Gasteiger partial charge >= 0.3 is 5.97 Å². The molecule has 1 aliphatic rings. The average molecular weight is 280 g/mol. The molecule has 1 aromatic rings. The predicted molar refractivity (Wildman–Crippen MR) is 78.8 cm³/mol. The first-order valence-electron chi connectivity index (χ1n) is 6.75. The Kier molecular flexibility index (Phi) is 4.58. The van der Waals surface area contributed by atoms with Crippen LogP contribution >= 0.6 is 11.3 Å². The zero-order valence-corrected chi connectivity index (χ0v) is 12.2. The molecular weight excluding hydrogens is 260 g/mol. The van der Waals surface area contributed by atoms with E-state index in [0.29, 0.717) is 0 Å². The zero-order valence-electron chi connectivity index (χ0n) is 11.4. The number of anilines is 1. The van der Waals surface area contributed by atoms with Crippen LogP contribution in [-0.4, -0.2) is 29.1 Å². The molecule has 0 spiro atoms. The first-order chi connectivity index (χ1) is 9.10. The molecular formula is C14H20N2O2S. The van der Waals surface area contributed by atoms with Gasteiger partial charge in [0.05, 0.1) is 10.6 Å². The van der Waals surface area contributed by atoms with Gasteiger partial charge in [-0.25, -0.2) is 9.78 Å². The number of carboxylic acids is 1. The molecule has 0 radical (unpaired) electrons. The van der Waals surface area contributed by atoms with E-state index in [1.807, 2.05) is 0 Å². The lowest BCUT2D eigenvalue weighted by molar-refractivity contribution is -0.131. The summed E-state index contributed by atoms with van der Waals surface area (Å²) < 4.78 is 0.